The van der Waals surface area contributed by atoms with Crippen molar-refractivity contribution in [2.45, 2.75) is 363 Å². The van der Waals surface area contributed by atoms with E-state index in [1.54, 1.807) is 0 Å². The highest BCUT2D eigenvalue weighted by atomic mass is 31.2. The molecule has 0 spiro atoms. The van der Waals surface area contributed by atoms with Crippen LogP contribution in [0, 0.1) is 23.7 Å². The molecule has 0 rings (SSSR count). The molecular formula is C70H136O17P2. The molecular weight excluding hydrogens is 1170 g/mol. The third-order valence-electron chi connectivity index (χ3n) is 16.8. The predicted octanol–water partition coefficient (Wildman–Crippen LogP) is 19.7. The Morgan fingerprint density at radius 3 is 0.798 bits per heavy atom. The summed E-state index contributed by atoms with van der Waals surface area (Å²) in [5, 5.41) is 10.6. The van der Waals surface area contributed by atoms with Crippen molar-refractivity contribution in [3.8, 4) is 0 Å². The molecule has 0 fully saturated rings. The lowest BCUT2D eigenvalue weighted by molar-refractivity contribution is -0.161. The summed E-state index contributed by atoms with van der Waals surface area (Å²) in [5.74, 6) is 0.911. The molecule has 0 bridgehead atoms. The van der Waals surface area contributed by atoms with Gasteiger partial charge in [0.25, 0.3) is 0 Å². The maximum atomic E-state index is 13.0. The highest BCUT2D eigenvalue weighted by Gasteiger charge is 2.30. The third kappa shape index (κ3) is 62.0. The number of rotatable bonds is 67. The Labute approximate surface area is 543 Å². The molecule has 0 aromatic carbocycles. The van der Waals surface area contributed by atoms with Gasteiger partial charge in [0.2, 0.25) is 0 Å². The van der Waals surface area contributed by atoms with Gasteiger partial charge < -0.3 is 33.8 Å². The van der Waals surface area contributed by atoms with Gasteiger partial charge in [-0.2, -0.15) is 0 Å². The Morgan fingerprint density at radius 1 is 0.315 bits per heavy atom. The topological polar surface area (TPSA) is 237 Å². The van der Waals surface area contributed by atoms with Crippen molar-refractivity contribution >= 4 is 39.5 Å². The first-order chi connectivity index (χ1) is 42.7. The number of phosphoric ester groups is 2. The van der Waals surface area contributed by atoms with Crippen molar-refractivity contribution in [3.05, 3.63) is 0 Å². The molecule has 0 saturated carbocycles. The van der Waals surface area contributed by atoms with Gasteiger partial charge in [0, 0.05) is 25.7 Å². The van der Waals surface area contributed by atoms with Gasteiger partial charge in [-0.1, -0.05) is 293 Å². The SMILES string of the molecule is CCC(C)CCCCCCCCCCCCC(=O)OC[C@H](COP(=O)(O)OCC(O)COP(=O)(O)OC[C@@H](COC(=O)CCCCCCCCCCC(C)C)OC(=O)CCCCCCCCCCCC(C)C)OC(=O)CCCCCCCCCCC(C)CC. The van der Waals surface area contributed by atoms with Crippen LogP contribution in [0.4, 0.5) is 0 Å². The molecule has 5 unspecified atom stereocenters. The Morgan fingerprint density at radius 2 is 0.539 bits per heavy atom. The summed E-state index contributed by atoms with van der Waals surface area (Å²) in [6.45, 7) is 14.1. The number of carbonyl (C=O) groups excluding carboxylic acids is 4. The number of esters is 4. The van der Waals surface area contributed by atoms with Gasteiger partial charge in [0.15, 0.2) is 12.2 Å². The van der Waals surface area contributed by atoms with Gasteiger partial charge in [0.1, 0.15) is 19.3 Å². The first kappa shape index (κ1) is 87.1. The summed E-state index contributed by atoms with van der Waals surface area (Å²) in [7, 11) is -9.90. The normalized spacial score (nSPS) is 14.9. The van der Waals surface area contributed by atoms with Crippen molar-refractivity contribution in [2.24, 2.45) is 23.7 Å². The van der Waals surface area contributed by atoms with Gasteiger partial charge in [-0.3, -0.25) is 37.3 Å². The fourth-order valence-electron chi connectivity index (χ4n) is 10.4. The molecule has 0 aromatic heterocycles. The molecule has 0 aliphatic heterocycles. The second-order valence-electron chi connectivity index (χ2n) is 26.7. The van der Waals surface area contributed by atoms with E-state index in [9.17, 15) is 43.2 Å². The van der Waals surface area contributed by atoms with Crippen LogP contribution in [0.2, 0.25) is 0 Å². The Hall–Kier alpha value is -1.94. The van der Waals surface area contributed by atoms with Crippen molar-refractivity contribution < 1.29 is 80.2 Å². The molecule has 17 nitrogen and oxygen atoms in total. The monoisotopic (exact) mass is 1310 g/mol. The first-order valence-corrected chi connectivity index (χ1v) is 39.3. The second kappa shape index (κ2) is 59.8. The van der Waals surface area contributed by atoms with Crippen molar-refractivity contribution in [2.75, 3.05) is 39.6 Å². The average Bonchev–Trinajstić information content (AvgIpc) is 3.63. The molecule has 89 heavy (non-hydrogen) atoms. The van der Waals surface area contributed by atoms with Crippen LogP contribution in [-0.4, -0.2) is 96.7 Å². The summed E-state index contributed by atoms with van der Waals surface area (Å²) < 4.78 is 68.3. The van der Waals surface area contributed by atoms with E-state index in [0.717, 1.165) is 114 Å². The van der Waals surface area contributed by atoms with E-state index in [1.165, 1.54) is 148 Å². The molecule has 3 N–H and O–H groups in total. The summed E-state index contributed by atoms with van der Waals surface area (Å²) in [6, 6.07) is 0. The molecule has 19 heteroatoms. The van der Waals surface area contributed by atoms with Crippen LogP contribution < -0.4 is 0 Å². The van der Waals surface area contributed by atoms with Crippen LogP contribution >= 0.6 is 15.6 Å². The Kier molecular flexibility index (Phi) is 58.5. The Balaban J connectivity index is 5.27. The van der Waals surface area contributed by atoms with Crippen LogP contribution in [0.15, 0.2) is 0 Å². The van der Waals surface area contributed by atoms with E-state index < -0.39 is 97.5 Å². The number of phosphoric acid groups is 2. The van der Waals surface area contributed by atoms with E-state index in [2.05, 4.69) is 55.4 Å². The minimum Gasteiger partial charge on any atom is -0.462 e. The lowest BCUT2D eigenvalue weighted by Gasteiger charge is -2.21. The van der Waals surface area contributed by atoms with E-state index in [1.807, 2.05) is 0 Å². The van der Waals surface area contributed by atoms with Crippen molar-refractivity contribution in [1.82, 2.24) is 0 Å². The number of ether oxygens (including phenoxy) is 4. The lowest BCUT2D eigenvalue weighted by Crippen LogP contribution is -2.30. The second-order valence-corrected chi connectivity index (χ2v) is 29.6. The zero-order valence-electron chi connectivity index (χ0n) is 58.1. The number of unbranched alkanes of at least 4 members (excludes halogenated alkanes) is 31. The molecule has 7 atom stereocenters. The van der Waals surface area contributed by atoms with Crippen LogP contribution in [0.25, 0.3) is 0 Å². The molecule has 0 saturated heterocycles. The van der Waals surface area contributed by atoms with Gasteiger partial charge in [-0.15, -0.1) is 0 Å². The van der Waals surface area contributed by atoms with E-state index in [-0.39, 0.29) is 25.7 Å². The van der Waals surface area contributed by atoms with Gasteiger partial charge in [-0.05, 0) is 49.4 Å². The molecule has 0 aromatic rings. The number of aliphatic hydroxyl groups is 1. The Bertz CT molecular complexity index is 1770. The standard InChI is InChI=1S/C70H136O17P2/c1-9-62(7)48-40-32-24-15-11-12-16-26-34-42-50-67(72)80-56-66(87-70(75)53-45-37-29-21-19-25-33-41-49-63(8)10-2)59-85-89(78,79)83-55-64(71)54-82-88(76,77)84-58-65(57-81-68(73)51-43-35-27-20-18-23-31-39-47-61(5)6)86-69(74)52-44-36-28-17-13-14-22-30-38-46-60(3)4/h60-66,71H,9-59H2,1-8H3,(H,76,77)(H,78,79)/t62?,63?,64?,65-,66-/m1/s1. The maximum absolute atomic E-state index is 13.0. The zero-order valence-corrected chi connectivity index (χ0v) is 59.8. The lowest BCUT2D eigenvalue weighted by atomic mass is 9.99. The van der Waals surface area contributed by atoms with E-state index in [0.29, 0.717) is 25.7 Å². The van der Waals surface area contributed by atoms with Gasteiger partial charge in [-0.25, -0.2) is 9.13 Å². The summed E-state index contributed by atoms with van der Waals surface area (Å²) in [5.41, 5.74) is 0. The van der Waals surface area contributed by atoms with Gasteiger partial charge >= 0.3 is 39.5 Å². The first-order valence-electron chi connectivity index (χ1n) is 36.3. The largest absolute Gasteiger partial charge is 0.472 e. The fraction of sp³-hybridized carbons (Fsp3) is 0.943. The number of hydrogen-bond donors (Lipinski definition) is 3. The summed E-state index contributed by atoms with van der Waals surface area (Å²) >= 11 is 0. The van der Waals surface area contributed by atoms with Crippen LogP contribution in [0.5, 0.6) is 0 Å². The van der Waals surface area contributed by atoms with Crippen LogP contribution in [-0.2, 0) is 65.4 Å². The van der Waals surface area contributed by atoms with Gasteiger partial charge in [0.05, 0.1) is 26.4 Å². The van der Waals surface area contributed by atoms with Crippen LogP contribution in [0.1, 0.15) is 344 Å². The summed E-state index contributed by atoms with van der Waals surface area (Å²) in [6.07, 6.45) is 41.6. The maximum Gasteiger partial charge on any atom is 0.472 e. The number of carbonyl (C=O) groups is 4. The van der Waals surface area contributed by atoms with E-state index >= 15 is 0 Å². The van der Waals surface area contributed by atoms with Crippen molar-refractivity contribution in [1.29, 1.82) is 0 Å². The van der Waals surface area contributed by atoms with E-state index in [4.69, 9.17) is 37.0 Å². The average molecular weight is 1310 g/mol. The van der Waals surface area contributed by atoms with Crippen LogP contribution in [0.3, 0.4) is 0 Å². The number of aliphatic hydroxyl groups excluding tert-OH is 1. The summed E-state index contributed by atoms with van der Waals surface area (Å²) in [4.78, 5) is 72.6. The zero-order chi connectivity index (χ0) is 66.1. The highest BCUT2D eigenvalue weighted by Crippen LogP contribution is 2.45. The molecule has 0 radical (unpaired) electrons. The number of hydrogen-bond acceptors (Lipinski definition) is 15. The molecule has 0 aliphatic carbocycles. The predicted molar refractivity (Wildman–Crippen MR) is 358 cm³/mol. The highest BCUT2D eigenvalue weighted by molar-refractivity contribution is 7.47. The third-order valence-corrected chi connectivity index (χ3v) is 18.7. The molecule has 0 heterocycles. The smallest absolute Gasteiger partial charge is 0.462 e. The molecule has 0 aliphatic rings. The minimum atomic E-state index is -4.95. The van der Waals surface area contributed by atoms with Crippen molar-refractivity contribution in [3.63, 3.8) is 0 Å². The minimum absolute atomic E-state index is 0.104. The molecule has 0 amide bonds. The quantitative estimate of drug-likeness (QED) is 0.0222. The fourth-order valence-corrected chi connectivity index (χ4v) is 12.0. The molecule has 528 valence electrons.